The Morgan fingerprint density at radius 1 is 0.875 bits per heavy atom. The molecule has 3 N–H and O–H groups in total. The SMILES string of the molecule is COc1ccc(-n2c(NNC(=S)Nc3ccccc3)nc(-c3ccccc3)nc2=S)cc1. The zero-order valence-corrected chi connectivity index (χ0v) is 18.8. The number of aromatic nitrogens is 3. The highest BCUT2D eigenvalue weighted by Crippen LogP contribution is 2.22. The summed E-state index contributed by atoms with van der Waals surface area (Å²) in [4.78, 5) is 9.23. The van der Waals surface area contributed by atoms with Crippen molar-refractivity contribution >= 4 is 41.2 Å². The topological polar surface area (TPSA) is 76.0 Å². The van der Waals surface area contributed by atoms with Gasteiger partial charge >= 0.3 is 0 Å². The summed E-state index contributed by atoms with van der Waals surface area (Å²) in [6, 6.07) is 26.7. The van der Waals surface area contributed by atoms with Crippen LogP contribution in [-0.4, -0.2) is 26.8 Å². The lowest BCUT2D eigenvalue weighted by molar-refractivity contribution is 0.414. The molecule has 0 aliphatic rings. The standard InChI is InChI=1S/C23H20N6OS2/c1-30-19-14-12-18(13-15-19)29-21(27-28-22(31)24-17-10-6-3-7-11-17)25-20(26-23(29)32)16-8-4-2-5-9-16/h2-15H,1H3,(H2,24,28,31)(H,25,26,27,32). The fourth-order valence-electron chi connectivity index (χ4n) is 2.97. The highest BCUT2D eigenvalue weighted by molar-refractivity contribution is 7.80. The minimum Gasteiger partial charge on any atom is -0.497 e. The van der Waals surface area contributed by atoms with Gasteiger partial charge in [0.25, 0.3) is 0 Å². The molecule has 0 radical (unpaired) electrons. The number of hydrazine groups is 1. The van der Waals surface area contributed by atoms with E-state index >= 15 is 0 Å². The Balaban J connectivity index is 1.67. The van der Waals surface area contributed by atoms with Crippen LogP contribution in [0.25, 0.3) is 17.1 Å². The van der Waals surface area contributed by atoms with Crippen LogP contribution in [0, 0.1) is 4.77 Å². The van der Waals surface area contributed by atoms with Gasteiger partial charge in [-0.15, -0.1) is 0 Å². The van der Waals surface area contributed by atoms with Gasteiger partial charge in [0.05, 0.1) is 12.8 Å². The molecule has 32 heavy (non-hydrogen) atoms. The van der Waals surface area contributed by atoms with Crippen molar-refractivity contribution in [1.29, 1.82) is 0 Å². The zero-order valence-electron chi connectivity index (χ0n) is 17.1. The molecule has 1 aromatic heterocycles. The van der Waals surface area contributed by atoms with Crippen molar-refractivity contribution in [1.82, 2.24) is 20.0 Å². The van der Waals surface area contributed by atoms with Crippen LogP contribution in [0.3, 0.4) is 0 Å². The highest BCUT2D eigenvalue weighted by Gasteiger charge is 2.12. The summed E-state index contributed by atoms with van der Waals surface area (Å²) in [7, 11) is 1.62. The number of thiocarbonyl (C=S) groups is 1. The van der Waals surface area contributed by atoms with E-state index in [2.05, 4.69) is 21.2 Å². The molecule has 0 bridgehead atoms. The third-order valence-electron chi connectivity index (χ3n) is 4.50. The molecule has 1 heterocycles. The van der Waals surface area contributed by atoms with Gasteiger partial charge in [-0.25, -0.2) is 0 Å². The first-order valence-electron chi connectivity index (χ1n) is 9.73. The van der Waals surface area contributed by atoms with E-state index < -0.39 is 0 Å². The Morgan fingerprint density at radius 3 is 2.19 bits per heavy atom. The fraction of sp³-hybridized carbons (Fsp3) is 0.0435. The van der Waals surface area contributed by atoms with Crippen LogP contribution in [0.2, 0.25) is 0 Å². The normalized spacial score (nSPS) is 10.3. The maximum absolute atomic E-state index is 5.62. The Kier molecular flexibility index (Phi) is 6.69. The van der Waals surface area contributed by atoms with Crippen molar-refractivity contribution in [2.45, 2.75) is 0 Å². The maximum Gasteiger partial charge on any atom is 0.230 e. The molecule has 3 aromatic carbocycles. The van der Waals surface area contributed by atoms with Gasteiger partial charge in [-0.3, -0.25) is 15.4 Å². The minimum absolute atomic E-state index is 0.343. The van der Waals surface area contributed by atoms with E-state index in [4.69, 9.17) is 34.2 Å². The summed E-state index contributed by atoms with van der Waals surface area (Å²) in [5.74, 6) is 1.68. The summed E-state index contributed by atoms with van der Waals surface area (Å²) in [6.07, 6.45) is 0. The highest BCUT2D eigenvalue weighted by atomic mass is 32.1. The van der Waals surface area contributed by atoms with Crippen molar-refractivity contribution in [3.8, 4) is 22.8 Å². The number of hydrogen-bond acceptors (Lipinski definition) is 6. The molecule has 4 aromatic rings. The molecule has 7 nitrogen and oxygen atoms in total. The molecule has 0 saturated carbocycles. The van der Waals surface area contributed by atoms with E-state index in [1.165, 1.54) is 0 Å². The maximum atomic E-state index is 5.62. The van der Waals surface area contributed by atoms with Crippen molar-refractivity contribution in [3.05, 3.63) is 89.7 Å². The second-order valence-electron chi connectivity index (χ2n) is 6.62. The van der Waals surface area contributed by atoms with Gasteiger partial charge in [-0.2, -0.15) is 9.97 Å². The first-order chi connectivity index (χ1) is 15.6. The monoisotopic (exact) mass is 460 g/mol. The summed E-state index contributed by atoms with van der Waals surface area (Å²) in [5.41, 5.74) is 8.55. The van der Waals surface area contributed by atoms with E-state index in [0.29, 0.717) is 21.7 Å². The third kappa shape index (κ3) is 5.08. The van der Waals surface area contributed by atoms with E-state index in [-0.39, 0.29) is 0 Å². The van der Waals surface area contributed by atoms with E-state index in [9.17, 15) is 0 Å². The van der Waals surface area contributed by atoms with Gasteiger partial charge in [0.2, 0.25) is 10.7 Å². The van der Waals surface area contributed by atoms with E-state index in [1.54, 1.807) is 11.7 Å². The Morgan fingerprint density at radius 2 is 1.53 bits per heavy atom. The second kappa shape index (κ2) is 9.99. The minimum atomic E-state index is 0.343. The predicted octanol–water partition coefficient (Wildman–Crippen LogP) is 4.99. The number of hydrogen-bond donors (Lipinski definition) is 3. The van der Waals surface area contributed by atoms with Crippen LogP contribution >= 0.6 is 24.4 Å². The van der Waals surface area contributed by atoms with Crippen LogP contribution in [-0.2, 0) is 0 Å². The van der Waals surface area contributed by atoms with Crippen LogP contribution in [0.4, 0.5) is 11.6 Å². The molecular weight excluding hydrogens is 440 g/mol. The molecule has 0 unspecified atom stereocenters. The van der Waals surface area contributed by atoms with Crippen LogP contribution in [0.5, 0.6) is 5.75 Å². The average molecular weight is 461 g/mol. The van der Waals surface area contributed by atoms with Crippen LogP contribution in [0.15, 0.2) is 84.9 Å². The Bertz CT molecular complexity index is 1260. The van der Waals surface area contributed by atoms with Crippen molar-refractivity contribution in [3.63, 3.8) is 0 Å². The number of rotatable bonds is 6. The molecule has 9 heteroatoms. The van der Waals surface area contributed by atoms with Crippen molar-refractivity contribution in [2.75, 3.05) is 17.9 Å². The molecule has 0 atom stereocenters. The van der Waals surface area contributed by atoms with E-state index in [1.807, 2.05) is 84.9 Å². The zero-order chi connectivity index (χ0) is 22.3. The fourth-order valence-corrected chi connectivity index (χ4v) is 3.41. The molecule has 0 saturated heterocycles. The molecule has 0 fully saturated rings. The van der Waals surface area contributed by atoms with Crippen molar-refractivity contribution in [2.24, 2.45) is 0 Å². The summed E-state index contributed by atoms with van der Waals surface area (Å²) in [6.45, 7) is 0. The number of methoxy groups -OCH3 is 1. The van der Waals surface area contributed by atoms with Gasteiger partial charge < -0.3 is 10.1 Å². The molecule has 4 rings (SSSR count). The molecule has 0 spiro atoms. The number of anilines is 2. The third-order valence-corrected chi connectivity index (χ3v) is 4.98. The lowest BCUT2D eigenvalue weighted by atomic mass is 10.2. The second-order valence-corrected chi connectivity index (χ2v) is 7.40. The molecule has 160 valence electrons. The van der Waals surface area contributed by atoms with Crippen molar-refractivity contribution < 1.29 is 4.74 Å². The number of para-hydroxylation sites is 1. The smallest absolute Gasteiger partial charge is 0.230 e. The lowest BCUT2D eigenvalue weighted by Gasteiger charge is -2.17. The van der Waals surface area contributed by atoms with Crippen LogP contribution in [0.1, 0.15) is 0 Å². The Labute approximate surface area is 196 Å². The van der Waals surface area contributed by atoms with Gasteiger partial charge in [-0.1, -0.05) is 48.5 Å². The van der Waals surface area contributed by atoms with Crippen LogP contribution < -0.4 is 20.9 Å². The van der Waals surface area contributed by atoms with Gasteiger partial charge in [0.15, 0.2) is 10.9 Å². The number of ether oxygens (including phenoxy) is 1. The first kappa shape index (κ1) is 21.4. The molecule has 0 aliphatic carbocycles. The van der Waals surface area contributed by atoms with Gasteiger partial charge in [0.1, 0.15) is 5.75 Å². The first-order valence-corrected chi connectivity index (χ1v) is 10.5. The Hall–Kier alpha value is -3.82. The average Bonchev–Trinajstić information content (AvgIpc) is 2.84. The number of nitrogens with zero attached hydrogens (tertiary/aromatic N) is 3. The lowest BCUT2D eigenvalue weighted by Crippen LogP contribution is -2.35. The largest absolute Gasteiger partial charge is 0.497 e. The number of nitrogens with one attached hydrogen (secondary N) is 3. The molecule has 0 amide bonds. The summed E-state index contributed by atoms with van der Waals surface area (Å²) >= 11 is 11.0. The molecular formula is C23H20N6OS2. The summed E-state index contributed by atoms with van der Waals surface area (Å²) < 4.78 is 7.32. The summed E-state index contributed by atoms with van der Waals surface area (Å²) in [5, 5.41) is 3.49. The van der Waals surface area contributed by atoms with Gasteiger partial charge in [0, 0.05) is 11.3 Å². The predicted molar refractivity (Wildman–Crippen MR) is 134 cm³/mol. The number of benzene rings is 3. The van der Waals surface area contributed by atoms with E-state index in [0.717, 1.165) is 22.7 Å². The van der Waals surface area contributed by atoms with Gasteiger partial charge in [-0.05, 0) is 60.8 Å². The quantitative estimate of drug-likeness (QED) is 0.275. The molecule has 0 aliphatic heterocycles.